The van der Waals surface area contributed by atoms with Gasteiger partial charge in [0, 0.05) is 11.8 Å². The maximum Gasteiger partial charge on any atom is 0.338 e. The molecule has 0 fully saturated rings. The average molecular weight is 339 g/mol. The van der Waals surface area contributed by atoms with Gasteiger partial charge in [-0.25, -0.2) is 9.78 Å². The van der Waals surface area contributed by atoms with Crippen molar-refractivity contribution in [1.82, 2.24) is 9.97 Å². The van der Waals surface area contributed by atoms with Crippen LogP contribution in [0.25, 0.3) is 11.0 Å². The van der Waals surface area contributed by atoms with Crippen LogP contribution in [0, 0.1) is 0 Å². The van der Waals surface area contributed by atoms with Gasteiger partial charge in [0.1, 0.15) is 5.75 Å². The van der Waals surface area contributed by atoms with E-state index in [-0.39, 0.29) is 0 Å². The van der Waals surface area contributed by atoms with Gasteiger partial charge in [-0.2, -0.15) is 0 Å². The predicted molar refractivity (Wildman–Crippen MR) is 92.6 cm³/mol. The molecular formula is C18H17N3O4. The molecule has 128 valence electrons. The van der Waals surface area contributed by atoms with Crippen molar-refractivity contribution in [3.05, 3.63) is 54.4 Å². The van der Waals surface area contributed by atoms with Gasteiger partial charge in [-0.05, 0) is 37.3 Å². The number of aromatic nitrogens is 2. The van der Waals surface area contributed by atoms with Crippen molar-refractivity contribution < 1.29 is 19.1 Å². The van der Waals surface area contributed by atoms with Gasteiger partial charge in [-0.15, -0.1) is 0 Å². The molecule has 1 unspecified atom stereocenters. The van der Waals surface area contributed by atoms with Crippen molar-refractivity contribution >= 4 is 28.6 Å². The van der Waals surface area contributed by atoms with Crippen LogP contribution >= 0.6 is 0 Å². The number of nitrogens with one attached hydrogen (secondary N) is 2. The number of hydrogen-bond donors (Lipinski definition) is 2. The molecule has 2 N–H and O–H groups in total. The smallest absolute Gasteiger partial charge is 0.338 e. The summed E-state index contributed by atoms with van der Waals surface area (Å²) in [7, 11) is 1.54. The van der Waals surface area contributed by atoms with Crippen LogP contribution in [-0.2, 0) is 9.53 Å². The van der Waals surface area contributed by atoms with Gasteiger partial charge in [0.05, 0.1) is 30.0 Å². The number of aromatic amines is 1. The maximum atomic E-state index is 12.2. The SMILES string of the molecule is COc1cccc(NC(=O)C(C)OC(=O)c2ccc3nc[nH]c3c2)c1. The number of carbonyl (C=O) groups excluding carboxylic acids is 2. The van der Waals surface area contributed by atoms with Crippen molar-refractivity contribution in [2.24, 2.45) is 0 Å². The fourth-order valence-electron chi connectivity index (χ4n) is 2.29. The van der Waals surface area contributed by atoms with Crippen LogP contribution in [0.3, 0.4) is 0 Å². The fourth-order valence-corrected chi connectivity index (χ4v) is 2.29. The first-order valence-corrected chi connectivity index (χ1v) is 7.66. The zero-order chi connectivity index (χ0) is 17.8. The Labute approximate surface area is 144 Å². The molecule has 2 aromatic carbocycles. The molecule has 25 heavy (non-hydrogen) atoms. The second-order valence-electron chi connectivity index (χ2n) is 5.40. The highest BCUT2D eigenvalue weighted by Gasteiger charge is 2.19. The molecule has 1 heterocycles. The van der Waals surface area contributed by atoms with Crippen molar-refractivity contribution in [2.45, 2.75) is 13.0 Å². The number of esters is 1. The van der Waals surface area contributed by atoms with Gasteiger partial charge in [-0.1, -0.05) is 6.07 Å². The van der Waals surface area contributed by atoms with Crippen molar-refractivity contribution in [3.63, 3.8) is 0 Å². The number of imidazole rings is 1. The zero-order valence-corrected chi connectivity index (χ0v) is 13.8. The van der Waals surface area contributed by atoms with E-state index >= 15 is 0 Å². The molecule has 7 nitrogen and oxygen atoms in total. The van der Waals surface area contributed by atoms with E-state index in [4.69, 9.17) is 9.47 Å². The van der Waals surface area contributed by atoms with E-state index in [1.807, 2.05) is 0 Å². The molecule has 7 heteroatoms. The van der Waals surface area contributed by atoms with Gasteiger partial charge < -0.3 is 19.8 Å². The Kier molecular flexibility index (Phi) is 4.65. The number of methoxy groups -OCH3 is 1. The highest BCUT2D eigenvalue weighted by molar-refractivity contribution is 5.98. The van der Waals surface area contributed by atoms with Crippen LogP contribution in [0.4, 0.5) is 5.69 Å². The summed E-state index contributed by atoms with van der Waals surface area (Å²) < 4.78 is 10.3. The number of hydrogen-bond acceptors (Lipinski definition) is 5. The number of rotatable bonds is 5. The molecule has 0 spiro atoms. The summed E-state index contributed by atoms with van der Waals surface area (Å²) in [4.78, 5) is 31.4. The summed E-state index contributed by atoms with van der Waals surface area (Å²) in [6, 6.07) is 11.9. The third kappa shape index (κ3) is 3.77. The van der Waals surface area contributed by atoms with E-state index in [1.165, 1.54) is 6.92 Å². The number of carbonyl (C=O) groups is 2. The lowest BCUT2D eigenvalue weighted by molar-refractivity contribution is -0.123. The molecule has 3 rings (SSSR count). The third-order valence-corrected chi connectivity index (χ3v) is 3.65. The number of amides is 1. The molecule has 0 radical (unpaired) electrons. The predicted octanol–water partition coefficient (Wildman–Crippen LogP) is 2.76. The highest BCUT2D eigenvalue weighted by atomic mass is 16.5. The molecule has 0 bridgehead atoms. The normalized spacial score (nSPS) is 11.8. The lowest BCUT2D eigenvalue weighted by Gasteiger charge is -2.14. The monoisotopic (exact) mass is 339 g/mol. The maximum absolute atomic E-state index is 12.2. The van der Waals surface area contributed by atoms with E-state index in [1.54, 1.807) is 55.9 Å². The topological polar surface area (TPSA) is 93.3 Å². The summed E-state index contributed by atoms with van der Waals surface area (Å²) in [5.41, 5.74) is 2.38. The minimum atomic E-state index is -0.948. The van der Waals surface area contributed by atoms with Crippen LogP contribution in [0.15, 0.2) is 48.8 Å². The van der Waals surface area contributed by atoms with Gasteiger partial charge in [0.15, 0.2) is 6.10 Å². The van der Waals surface area contributed by atoms with E-state index in [0.29, 0.717) is 17.0 Å². The highest BCUT2D eigenvalue weighted by Crippen LogP contribution is 2.17. The number of nitrogens with zero attached hydrogens (tertiary/aromatic N) is 1. The lowest BCUT2D eigenvalue weighted by atomic mass is 10.2. The van der Waals surface area contributed by atoms with Crippen LogP contribution in [0.5, 0.6) is 5.75 Å². The Balaban J connectivity index is 1.64. The number of anilines is 1. The van der Waals surface area contributed by atoms with E-state index in [9.17, 15) is 9.59 Å². The average Bonchev–Trinajstić information content (AvgIpc) is 3.09. The van der Waals surface area contributed by atoms with Crippen molar-refractivity contribution in [1.29, 1.82) is 0 Å². The van der Waals surface area contributed by atoms with E-state index in [0.717, 1.165) is 11.0 Å². The summed E-state index contributed by atoms with van der Waals surface area (Å²) in [5, 5.41) is 2.69. The first kappa shape index (κ1) is 16.5. The quantitative estimate of drug-likeness (QED) is 0.697. The van der Waals surface area contributed by atoms with E-state index in [2.05, 4.69) is 15.3 Å². The Hall–Kier alpha value is -3.35. The molecule has 0 aliphatic rings. The van der Waals surface area contributed by atoms with Gasteiger partial charge in [0.2, 0.25) is 0 Å². The fraction of sp³-hybridized carbons (Fsp3) is 0.167. The Morgan fingerprint density at radius 3 is 2.84 bits per heavy atom. The minimum absolute atomic E-state index is 0.345. The van der Waals surface area contributed by atoms with Crippen molar-refractivity contribution in [2.75, 3.05) is 12.4 Å². The number of ether oxygens (including phenoxy) is 2. The molecule has 3 aromatic rings. The number of H-pyrrole nitrogens is 1. The third-order valence-electron chi connectivity index (χ3n) is 3.65. The van der Waals surface area contributed by atoms with Crippen LogP contribution in [0.2, 0.25) is 0 Å². The zero-order valence-electron chi connectivity index (χ0n) is 13.8. The minimum Gasteiger partial charge on any atom is -0.497 e. The van der Waals surface area contributed by atoms with Crippen LogP contribution in [-0.4, -0.2) is 35.1 Å². The van der Waals surface area contributed by atoms with Crippen LogP contribution in [0.1, 0.15) is 17.3 Å². The molecule has 1 amide bonds. The molecule has 0 aliphatic heterocycles. The lowest BCUT2D eigenvalue weighted by Crippen LogP contribution is -2.30. The largest absolute Gasteiger partial charge is 0.497 e. The molecular weight excluding hydrogens is 322 g/mol. The molecule has 0 saturated carbocycles. The second-order valence-corrected chi connectivity index (χ2v) is 5.40. The Bertz CT molecular complexity index is 919. The van der Waals surface area contributed by atoms with Gasteiger partial charge >= 0.3 is 5.97 Å². The van der Waals surface area contributed by atoms with Gasteiger partial charge in [-0.3, -0.25) is 4.79 Å². The summed E-state index contributed by atoms with van der Waals surface area (Å²) in [6.07, 6.45) is 0.598. The summed E-state index contributed by atoms with van der Waals surface area (Å²) in [5.74, 6) is -0.385. The molecule has 0 saturated heterocycles. The van der Waals surface area contributed by atoms with Gasteiger partial charge in [0.25, 0.3) is 5.91 Å². The van der Waals surface area contributed by atoms with E-state index < -0.39 is 18.0 Å². The summed E-state index contributed by atoms with van der Waals surface area (Å²) in [6.45, 7) is 1.52. The molecule has 1 atom stereocenters. The summed E-state index contributed by atoms with van der Waals surface area (Å²) >= 11 is 0. The standard InChI is InChI=1S/C18H17N3O4/c1-11(17(22)21-13-4-3-5-14(9-13)24-2)25-18(23)12-6-7-15-16(8-12)20-10-19-15/h3-11H,1-2H3,(H,19,20)(H,21,22). The number of fused-ring (bicyclic) bond motifs is 1. The Morgan fingerprint density at radius 1 is 1.20 bits per heavy atom. The van der Waals surface area contributed by atoms with Crippen molar-refractivity contribution in [3.8, 4) is 5.75 Å². The molecule has 1 aromatic heterocycles. The second kappa shape index (κ2) is 7.04. The van der Waals surface area contributed by atoms with Crippen LogP contribution < -0.4 is 10.1 Å². The Morgan fingerprint density at radius 2 is 2.04 bits per heavy atom. The first-order chi connectivity index (χ1) is 12.1. The number of benzene rings is 2. The molecule has 0 aliphatic carbocycles. The first-order valence-electron chi connectivity index (χ1n) is 7.66.